The van der Waals surface area contributed by atoms with Crippen LogP contribution in [-0.2, 0) is 0 Å². The van der Waals surface area contributed by atoms with E-state index in [1.165, 1.54) is 6.07 Å². The van der Waals surface area contributed by atoms with E-state index in [1.54, 1.807) is 6.07 Å². The summed E-state index contributed by atoms with van der Waals surface area (Å²) < 4.78 is 18.7. The summed E-state index contributed by atoms with van der Waals surface area (Å²) in [6.45, 7) is 4.22. The Balaban J connectivity index is 2.63. The quantitative estimate of drug-likeness (QED) is 0.664. The number of hydrogen-bond acceptors (Lipinski definition) is 1. The second kappa shape index (κ2) is 2.59. The standard InChI is InChI=1S/C9H6BrFO/c1-5-4-12-9-3-7(10)8(11)2-6(5)9/h2-3H,1,4H2. The van der Waals surface area contributed by atoms with Crippen molar-refractivity contribution in [3.05, 3.63) is 34.6 Å². The van der Waals surface area contributed by atoms with Gasteiger partial charge in [0, 0.05) is 5.56 Å². The minimum atomic E-state index is -0.277. The molecule has 0 bridgehead atoms. The molecule has 1 aromatic carbocycles. The van der Waals surface area contributed by atoms with Crippen LogP contribution in [0.5, 0.6) is 5.75 Å². The van der Waals surface area contributed by atoms with Crippen LogP contribution >= 0.6 is 15.9 Å². The lowest BCUT2D eigenvalue weighted by molar-refractivity contribution is 0.388. The molecule has 12 heavy (non-hydrogen) atoms. The lowest BCUT2D eigenvalue weighted by atomic mass is 10.1. The number of fused-ring (bicyclic) bond motifs is 1. The van der Waals surface area contributed by atoms with Gasteiger partial charge in [0.1, 0.15) is 18.2 Å². The number of benzene rings is 1. The van der Waals surface area contributed by atoms with Gasteiger partial charge in [-0.3, -0.25) is 0 Å². The van der Waals surface area contributed by atoms with E-state index in [0.29, 0.717) is 16.8 Å². The molecule has 1 aliphatic heterocycles. The predicted octanol–water partition coefficient (Wildman–Crippen LogP) is 2.99. The van der Waals surface area contributed by atoms with Gasteiger partial charge < -0.3 is 4.74 Å². The first-order valence-corrected chi connectivity index (χ1v) is 4.28. The van der Waals surface area contributed by atoms with Gasteiger partial charge in [-0.15, -0.1) is 0 Å². The predicted molar refractivity (Wildman–Crippen MR) is 48.6 cm³/mol. The molecule has 0 aromatic heterocycles. The minimum absolute atomic E-state index is 0.277. The first-order valence-electron chi connectivity index (χ1n) is 3.48. The summed E-state index contributed by atoms with van der Waals surface area (Å²) in [5, 5.41) is 0. The third kappa shape index (κ3) is 1.05. The smallest absolute Gasteiger partial charge is 0.138 e. The molecule has 0 radical (unpaired) electrons. The van der Waals surface area contributed by atoms with Crippen LogP contribution in [0.2, 0.25) is 0 Å². The van der Waals surface area contributed by atoms with Gasteiger partial charge in [-0.2, -0.15) is 0 Å². The van der Waals surface area contributed by atoms with E-state index < -0.39 is 0 Å². The van der Waals surface area contributed by atoms with Gasteiger partial charge in [0.05, 0.1) is 4.47 Å². The number of rotatable bonds is 0. The van der Waals surface area contributed by atoms with Crippen LogP contribution in [0.15, 0.2) is 23.2 Å². The largest absolute Gasteiger partial charge is 0.488 e. The summed E-state index contributed by atoms with van der Waals surface area (Å²) >= 11 is 3.08. The molecule has 0 fully saturated rings. The van der Waals surface area contributed by atoms with Crippen molar-refractivity contribution in [2.45, 2.75) is 0 Å². The van der Waals surface area contributed by atoms with Crippen molar-refractivity contribution in [1.82, 2.24) is 0 Å². The molecule has 62 valence electrons. The van der Waals surface area contributed by atoms with Gasteiger partial charge in [0.2, 0.25) is 0 Å². The van der Waals surface area contributed by atoms with Crippen molar-refractivity contribution in [3.8, 4) is 5.75 Å². The summed E-state index contributed by atoms with van der Waals surface area (Å²) in [4.78, 5) is 0. The highest BCUT2D eigenvalue weighted by Gasteiger charge is 2.17. The van der Waals surface area contributed by atoms with E-state index in [2.05, 4.69) is 22.5 Å². The highest BCUT2D eigenvalue weighted by molar-refractivity contribution is 9.10. The third-order valence-corrected chi connectivity index (χ3v) is 2.41. The fourth-order valence-corrected chi connectivity index (χ4v) is 1.49. The zero-order chi connectivity index (χ0) is 8.72. The maximum Gasteiger partial charge on any atom is 0.138 e. The Morgan fingerprint density at radius 1 is 1.50 bits per heavy atom. The Morgan fingerprint density at radius 2 is 2.25 bits per heavy atom. The van der Waals surface area contributed by atoms with Crippen LogP contribution in [0.25, 0.3) is 5.57 Å². The lowest BCUT2D eigenvalue weighted by Crippen LogP contribution is -1.85. The topological polar surface area (TPSA) is 9.23 Å². The molecule has 2 rings (SSSR count). The molecule has 1 aliphatic rings. The van der Waals surface area contributed by atoms with E-state index in [4.69, 9.17) is 4.74 Å². The van der Waals surface area contributed by atoms with E-state index in [9.17, 15) is 4.39 Å². The molecule has 1 aromatic rings. The molecule has 0 spiro atoms. The molecular formula is C9H6BrFO. The van der Waals surface area contributed by atoms with Crippen molar-refractivity contribution < 1.29 is 9.13 Å². The molecule has 1 heterocycles. The van der Waals surface area contributed by atoms with Crippen LogP contribution in [0.4, 0.5) is 4.39 Å². The molecule has 0 amide bonds. The Labute approximate surface area is 78.0 Å². The monoisotopic (exact) mass is 228 g/mol. The SMILES string of the molecule is C=C1COc2cc(Br)c(F)cc21. The normalized spacial score (nSPS) is 14.3. The van der Waals surface area contributed by atoms with Gasteiger partial charge in [-0.05, 0) is 33.6 Å². The van der Waals surface area contributed by atoms with E-state index >= 15 is 0 Å². The number of halogens is 2. The van der Waals surface area contributed by atoms with Crippen molar-refractivity contribution in [3.63, 3.8) is 0 Å². The van der Waals surface area contributed by atoms with Gasteiger partial charge in [-0.1, -0.05) is 6.58 Å². The minimum Gasteiger partial charge on any atom is -0.488 e. The lowest BCUT2D eigenvalue weighted by Gasteiger charge is -1.99. The molecule has 0 saturated carbocycles. The Bertz CT molecular complexity index is 360. The summed E-state index contributed by atoms with van der Waals surface area (Å²) in [6, 6.07) is 3.07. The van der Waals surface area contributed by atoms with Crippen molar-refractivity contribution >= 4 is 21.5 Å². The molecule has 0 N–H and O–H groups in total. The molecule has 0 aliphatic carbocycles. The zero-order valence-corrected chi connectivity index (χ0v) is 7.82. The van der Waals surface area contributed by atoms with Gasteiger partial charge >= 0.3 is 0 Å². The summed E-state index contributed by atoms with van der Waals surface area (Å²) in [7, 11) is 0. The van der Waals surface area contributed by atoms with Crippen molar-refractivity contribution in [2.75, 3.05) is 6.61 Å². The second-order valence-electron chi connectivity index (χ2n) is 2.65. The van der Waals surface area contributed by atoms with Crippen LogP contribution in [-0.4, -0.2) is 6.61 Å². The first kappa shape index (κ1) is 7.80. The maximum absolute atomic E-state index is 13.0. The number of ether oxygens (including phenoxy) is 1. The highest BCUT2D eigenvalue weighted by atomic mass is 79.9. The average Bonchev–Trinajstić information content (AvgIpc) is 2.35. The van der Waals surface area contributed by atoms with Crippen molar-refractivity contribution in [1.29, 1.82) is 0 Å². The van der Waals surface area contributed by atoms with Gasteiger partial charge in [0.15, 0.2) is 0 Å². The second-order valence-corrected chi connectivity index (χ2v) is 3.51. The summed E-state index contributed by atoms with van der Waals surface area (Å²) in [6.07, 6.45) is 0. The van der Waals surface area contributed by atoms with Gasteiger partial charge in [0.25, 0.3) is 0 Å². The highest BCUT2D eigenvalue weighted by Crippen LogP contribution is 2.35. The Morgan fingerprint density at radius 3 is 3.00 bits per heavy atom. The summed E-state index contributed by atoms with van der Waals surface area (Å²) in [5.74, 6) is 0.425. The van der Waals surface area contributed by atoms with Crippen LogP contribution < -0.4 is 4.74 Å². The molecule has 0 saturated heterocycles. The van der Waals surface area contributed by atoms with Crippen LogP contribution in [0.1, 0.15) is 5.56 Å². The number of hydrogen-bond donors (Lipinski definition) is 0. The van der Waals surface area contributed by atoms with Crippen LogP contribution in [0, 0.1) is 5.82 Å². The molecule has 0 unspecified atom stereocenters. The molecule has 1 nitrogen and oxygen atoms in total. The average molecular weight is 229 g/mol. The van der Waals surface area contributed by atoms with Crippen LogP contribution in [0.3, 0.4) is 0 Å². The first-order chi connectivity index (χ1) is 5.68. The molecular weight excluding hydrogens is 223 g/mol. The maximum atomic E-state index is 13.0. The van der Waals surface area contributed by atoms with Gasteiger partial charge in [-0.25, -0.2) is 4.39 Å². The van der Waals surface area contributed by atoms with E-state index in [-0.39, 0.29) is 5.82 Å². The third-order valence-electron chi connectivity index (χ3n) is 1.81. The Hall–Kier alpha value is -0.830. The summed E-state index contributed by atoms with van der Waals surface area (Å²) in [5.41, 5.74) is 1.60. The molecule has 0 atom stereocenters. The van der Waals surface area contributed by atoms with Crippen molar-refractivity contribution in [2.24, 2.45) is 0 Å². The van der Waals surface area contributed by atoms with E-state index in [1.807, 2.05) is 0 Å². The fourth-order valence-electron chi connectivity index (χ4n) is 1.17. The van der Waals surface area contributed by atoms with E-state index in [0.717, 1.165) is 11.1 Å². The molecule has 3 heteroatoms. The fraction of sp³-hybridized carbons (Fsp3) is 0.111. The zero-order valence-electron chi connectivity index (χ0n) is 6.23. The Kier molecular flexibility index (Phi) is 1.68.